The van der Waals surface area contributed by atoms with Crippen LogP contribution < -0.4 is 0 Å². The fourth-order valence-electron chi connectivity index (χ4n) is 9.95. The quantitative estimate of drug-likeness (QED) is 0.0211. The van der Waals surface area contributed by atoms with Crippen molar-refractivity contribution in [1.82, 2.24) is 0 Å². The molecule has 0 saturated heterocycles. The fourth-order valence-corrected chi connectivity index (χ4v) is 9.95. The predicted molar refractivity (Wildman–Crippen MR) is 318 cm³/mol. The Hall–Kier alpha value is -1.97. The molecule has 0 spiro atoms. The minimum atomic E-state index is -1.51. The number of carbonyl (C=O) groups excluding carboxylic acids is 2. The Morgan fingerprint density at radius 1 is 0.387 bits per heavy atom. The average molecular weight is 1060 g/mol. The molecule has 0 rings (SSSR count). The van der Waals surface area contributed by atoms with E-state index in [1.165, 1.54) is 270 Å². The summed E-state index contributed by atoms with van der Waals surface area (Å²) >= 11 is 0. The molecule has 0 aromatic heterocycles. The van der Waals surface area contributed by atoms with E-state index < -0.39 is 18.4 Å². The summed E-state index contributed by atoms with van der Waals surface area (Å²) in [5, 5.41) is 9.73. The number of carboxylic acids is 1. The molecule has 0 aliphatic rings. The Morgan fingerprint density at radius 3 is 0.987 bits per heavy atom. The Morgan fingerprint density at radius 2 is 0.680 bits per heavy atom. The number of hydrogen-bond donors (Lipinski definition) is 1. The van der Waals surface area contributed by atoms with E-state index >= 15 is 0 Å². The van der Waals surface area contributed by atoms with Gasteiger partial charge in [0.1, 0.15) is 13.2 Å². The first-order valence-corrected chi connectivity index (χ1v) is 32.9. The number of quaternary nitrogens is 1. The highest BCUT2D eigenvalue weighted by Gasteiger charge is 2.25. The molecule has 9 nitrogen and oxygen atoms in total. The number of ether oxygens (including phenoxy) is 4. The first kappa shape index (κ1) is 73.0. The molecule has 0 saturated carbocycles. The summed E-state index contributed by atoms with van der Waals surface area (Å²) in [7, 11) is 5.99. The molecule has 0 amide bonds. The second-order valence-electron chi connectivity index (χ2n) is 23.8. The highest BCUT2D eigenvalue weighted by atomic mass is 16.7. The summed E-state index contributed by atoms with van der Waals surface area (Å²) in [5.41, 5.74) is 0. The van der Waals surface area contributed by atoms with Crippen LogP contribution in [0.1, 0.15) is 335 Å². The van der Waals surface area contributed by atoms with E-state index in [1.807, 2.05) is 21.1 Å². The Labute approximate surface area is 465 Å². The smallest absolute Gasteiger partial charge is 0.361 e. The molecule has 1 N–H and O–H groups in total. The number of hydrogen-bond acceptors (Lipinski definition) is 7. The molecule has 0 aromatic rings. The third-order valence-corrected chi connectivity index (χ3v) is 15.0. The van der Waals surface area contributed by atoms with Gasteiger partial charge in [0.15, 0.2) is 6.10 Å². The summed E-state index contributed by atoms with van der Waals surface area (Å²) in [6.45, 7) is 4.95. The van der Waals surface area contributed by atoms with Crippen LogP contribution in [0.3, 0.4) is 0 Å². The van der Waals surface area contributed by atoms with Crippen molar-refractivity contribution in [2.75, 3.05) is 47.5 Å². The van der Waals surface area contributed by atoms with Crippen molar-refractivity contribution in [3.05, 3.63) is 12.2 Å². The van der Waals surface area contributed by atoms with Gasteiger partial charge in [0.25, 0.3) is 6.29 Å². The lowest BCUT2D eigenvalue weighted by Gasteiger charge is -2.25. The van der Waals surface area contributed by atoms with E-state index in [4.69, 9.17) is 18.9 Å². The van der Waals surface area contributed by atoms with Crippen LogP contribution in [0.4, 0.5) is 0 Å². The maximum Gasteiger partial charge on any atom is 0.361 e. The van der Waals surface area contributed by atoms with Gasteiger partial charge in [0, 0.05) is 12.8 Å². The van der Waals surface area contributed by atoms with Crippen molar-refractivity contribution >= 4 is 17.9 Å². The van der Waals surface area contributed by atoms with E-state index in [-0.39, 0.29) is 38.2 Å². The molecule has 9 heteroatoms. The average Bonchev–Trinajstić information content (AvgIpc) is 3.38. The number of unbranched alkanes of at least 4 members (excludes halogenated alkanes) is 45. The standard InChI is InChI=1S/C66H127NO8/c1-6-8-10-12-14-16-18-20-22-24-26-28-30-31-32-33-35-36-38-40-42-44-46-48-50-52-54-56-63(68)73-60-62(61-74-66(65(70)71)72-59-58-67(3,4)5)75-64(69)57-55-53-51-49-47-45-43-41-39-37-34-29-27-25-23-21-19-17-15-13-11-9-7-2/h25,27,62,66H,6-24,26,28-61H2,1-5H3/p+1/b27-25-. The van der Waals surface area contributed by atoms with Gasteiger partial charge in [0.2, 0.25) is 0 Å². The summed E-state index contributed by atoms with van der Waals surface area (Å²) in [5.74, 6) is -1.98. The molecular weight excluding hydrogens is 935 g/mol. The molecule has 2 unspecified atom stereocenters. The highest BCUT2D eigenvalue weighted by Crippen LogP contribution is 2.18. The zero-order chi connectivity index (χ0) is 54.8. The first-order valence-electron chi connectivity index (χ1n) is 32.9. The van der Waals surface area contributed by atoms with Crippen LogP contribution in [-0.2, 0) is 33.3 Å². The van der Waals surface area contributed by atoms with Crippen molar-refractivity contribution in [3.63, 3.8) is 0 Å². The summed E-state index contributed by atoms with van der Waals surface area (Å²) < 4.78 is 23.0. The normalized spacial score (nSPS) is 12.7. The fraction of sp³-hybridized carbons (Fsp3) is 0.924. The SMILES string of the molecule is CCCCCCCCCC/C=C\CCCCCCCCCCCCCC(=O)OC(COC(=O)CCCCCCCCCCCCCCCCCCCCCCCCCCCCC)COC(OCC[N+](C)(C)C)C(=O)O. The van der Waals surface area contributed by atoms with Crippen molar-refractivity contribution in [2.24, 2.45) is 0 Å². The zero-order valence-corrected chi connectivity index (χ0v) is 50.7. The Bertz CT molecular complexity index is 1240. The van der Waals surface area contributed by atoms with E-state index in [9.17, 15) is 19.5 Å². The topological polar surface area (TPSA) is 108 Å². The van der Waals surface area contributed by atoms with Gasteiger partial charge >= 0.3 is 17.9 Å². The van der Waals surface area contributed by atoms with Crippen LogP contribution in [0.2, 0.25) is 0 Å². The number of nitrogens with zero attached hydrogens (tertiary/aromatic N) is 1. The third kappa shape index (κ3) is 59.5. The maximum atomic E-state index is 12.9. The number of esters is 2. The monoisotopic (exact) mass is 1060 g/mol. The van der Waals surface area contributed by atoms with Gasteiger partial charge in [0.05, 0.1) is 34.4 Å². The van der Waals surface area contributed by atoms with Gasteiger partial charge in [-0.05, 0) is 38.5 Å². The number of rotatable bonds is 62. The first-order chi connectivity index (χ1) is 36.6. The van der Waals surface area contributed by atoms with Crippen LogP contribution in [0.15, 0.2) is 12.2 Å². The lowest BCUT2D eigenvalue weighted by atomic mass is 10.0. The molecule has 0 radical (unpaired) electrons. The van der Waals surface area contributed by atoms with Gasteiger partial charge in [-0.15, -0.1) is 0 Å². The second-order valence-corrected chi connectivity index (χ2v) is 23.8. The van der Waals surface area contributed by atoms with Crippen molar-refractivity contribution in [3.8, 4) is 0 Å². The summed E-state index contributed by atoms with van der Waals surface area (Å²) in [4.78, 5) is 37.5. The van der Waals surface area contributed by atoms with E-state index in [2.05, 4.69) is 26.0 Å². The zero-order valence-electron chi connectivity index (χ0n) is 50.7. The molecule has 0 aliphatic heterocycles. The summed E-state index contributed by atoms with van der Waals surface area (Å²) in [6.07, 6.45) is 66.0. The van der Waals surface area contributed by atoms with Crippen LogP contribution in [-0.4, -0.2) is 87.4 Å². The molecule has 0 aliphatic carbocycles. The highest BCUT2D eigenvalue weighted by molar-refractivity contribution is 5.71. The maximum absolute atomic E-state index is 12.9. The molecule has 444 valence electrons. The number of allylic oxidation sites excluding steroid dienone is 2. The number of carbonyl (C=O) groups is 3. The van der Waals surface area contributed by atoms with E-state index in [0.29, 0.717) is 17.4 Å². The molecule has 0 bridgehead atoms. The predicted octanol–water partition coefficient (Wildman–Crippen LogP) is 19.7. The third-order valence-electron chi connectivity index (χ3n) is 15.0. The van der Waals surface area contributed by atoms with Gasteiger partial charge in [-0.25, -0.2) is 4.79 Å². The van der Waals surface area contributed by atoms with Crippen LogP contribution in [0.5, 0.6) is 0 Å². The van der Waals surface area contributed by atoms with Gasteiger partial charge in [-0.1, -0.05) is 296 Å². The van der Waals surface area contributed by atoms with Crippen molar-refractivity contribution in [1.29, 1.82) is 0 Å². The molecule has 0 fully saturated rings. The minimum absolute atomic E-state index is 0.175. The van der Waals surface area contributed by atoms with Crippen LogP contribution in [0.25, 0.3) is 0 Å². The number of likely N-dealkylation sites (N-methyl/N-ethyl adjacent to an activating group) is 1. The van der Waals surface area contributed by atoms with Crippen LogP contribution >= 0.6 is 0 Å². The largest absolute Gasteiger partial charge is 0.477 e. The molecule has 2 atom stereocenters. The van der Waals surface area contributed by atoms with Gasteiger partial charge in [-0.2, -0.15) is 0 Å². The van der Waals surface area contributed by atoms with Crippen molar-refractivity contribution < 1.29 is 42.9 Å². The van der Waals surface area contributed by atoms with Crippen molar-refractivity contribution in [2.45, 2.75) is 347 Å². The Kier molecular flexibility index (Phi) is 56.7. The molecule has 0 aromatic carbocycles. The second kappa shape index (κ2) is 58.2. The van der Waals surface area contributed by atoms with Gasteiger partial charge in [-0.3, -0.25) is 9.59 Å². The lowest BCUT2D eigenvalue weighted by molar-refractivity contribution is -0.870. The summed E-state index contributed by atoms with van der Waals surface area (Å²) in [6, 6.07) is 0. The number of carboxylic acid groups (broad SMARTS) is 1. The number of aliphatic carboxylic acids is 1. The minimum Gasteiger partial charge on any atom is -0.477 e. The van der Waals surface area contributed by atoms with Crippen LogP contribution in [0, 0.1) is 0 Å². The molecule has 75 heavy (non-hydrogen) atoms. The lowest BCUT2D eigenvalue weighted by Crippen LogP contribution is -2.40. The molecule has 0 heterocycles. The van der Waals surface area contributed by atoms with E-state index in [1.54, 1.807) is 0 Å². The molecular formula is C66H128NO8+. The van der Waals surface area contributed by atoms with E-state index in [0.717, 1.165) is 38.5 Å². The van der Waals surface area contributed by atoms with Gasteiger partial charge < -0.3 is 28.5 Å². The Balaban J connectivity index is 4.10.